The Labute approximate surface area is 204 Å². The normalized spacial score (nSPS) is 17.9. The van der Waals surface area contributed by atoms with Crippen molar-refractivity contribution in [3.63, 3.8) is 0 Å². The van der Waals surface area contributed by atoms with Gasteiger partial charge in [0.05, 0.1) is 17.6 Å². The van der Waals surface area contributed by atoms with E-state index in [1.807, 2.05) is 4.90 Å². The molecule has 0 spiro atoms. The van der Waals surface area contributed by atoms with E-state index in [1.54, 1.807) is 19.3 Å². The minimum absolute atomic E-state index is 0.153. The molecule has 1 saturated heterocycles. The second-order valence-electron chi connectivity index (χ2n) is 9.39. The fraction of sp³-hybridized carbons (Fsp3) is 0.250. The largest absolute Gasteiger partial charge is 0.367 e. The number of aryl methyl sites for hydroxylation is 1. The molecule has 6 rings (SSSR count). The number of hydrogen-bond donors (Lipinski definition) is 1. The maximum absolute atomic E-state index is 11.8. The molecule has 4 aromatic rings. The maximum atomic E-state index is 11.8. The molecule has 0 radical (unpaired) electrons. The fourth-order valence-corrected chi connectivity index (χ4v) is 5.18. The fourth-order valence-electron chi connectivity index (χ4n) is 5.18. The minimum Gasteiger partial charge on any atom is -0.367 e. The number of benzene rings is 2. The van der Waals surface area contributed by atoms with Gasteiger partial charge >= 0.3 is 0 Å². The zero-order valence-electron chi connectivity index (χ0n) is 20.0. The summed E-state index contributed by atoms with van der Waals surface area (Å²) in [4.78, 5) is 25.3. The number of amides is 1. The van der Waals surface area contributed by atoms with Crippen LogP contribution >= 0.6 is 0 Å². The van der Waals surface area contributed by atoms with Gasteiger partial charge in [-0.05, 0) is 60.0 Å². The van der Waals surface area contributed by atoms with Crippen molar-refractivity contribution in [3.8, 4) is 11.1 Å². The van der Waals surface area contributed by atoms with Crippen LogP contribution in [0.2, 0.25) is 0 Å². The number of carbonyl (C=O) groups is 1. The topological polar surface area (TPSA) is 66.3 Å². The lowest BCUT2D eigenvalue weighted by atomic mass is 10.0. The second kappa shape index (κ2) is 8.58. The molecule has 0 aliphatic carbocycles. The predicted molar refractivity (Wildman–Crippen MR) is 140 cm³/mol. The van der Waals surface area contributed by atoms with Crippen molar-refractivity contribution in [1.29, 1.82) is 0 Å². The highest BCUT2D eigenvalue weighted by molar-refractivity contribution is 5.97. The standard InChI is InChI=1S/C28H28N6O/c1-19(35)33-13-8-24(18-33)34-11-3-4-22(17-34)31-23-15-25(28-26(16-23)29-9-10-30-28)21-6-5-20-7-12-32(2)27(20)14-21/h3-7,9-12,14-16,24,31H,8,13,17-18H2,1-2H3. The summed E-state index contributed by atoms with van der Waals surface area (Å²) in [6, 6.07) is 13.2. The number of nitrogens with one attached hydrogen (secondary N) is 1. The van der Waals surface area contributed by atoms with Gasteiger partial charge < -0.3 is 19.7 Å². The number of hydrogen-bond acceptors (Lipinski definition) is 5. The molecule has 7 heteroatoms. The SMILES string of the molecule is CC(=O)N1CCC(N2C=CC=C(Nc3cc(-c4ccc5ccn(C)c5c4)c4nccnc4c3)C2)C1. The van der Waals surface area contributed by atoms with E-state index in [0.29, 0.717) is 6.04 Å². The lowest BCUT2D eigenvalue weighted by molar-refractivity contribution is -0.127. The minimum atomic E-state index is 0.153. The first-order valence-corrected chi connectivity index (χ1v) is 12.0. The summed E-state index contributed by atoms with van der Waals surface area (Å²) >= 11 is 0. The molecule has 1 atom stereocenters. The van der Waals surface area contributed by atoms with Crippen LogP contribution in [0, 0.1) is 0 Å². The molecule has 176 valence electrons. The van der Waals surface area contributed by atoms with E-state index in [2.05, 4.69) is 92.7 Å². The molecule has 2 aliphatic heterocycles. The molecule has 1 fully saturated rings. The van der Waals surface area contributed by atoms with Crippen LogP contribution in [0.25, 0.3) is 33.1 Å². The van der Waals surface area contributed by atoms with Crippen LogP contribution in [0.1, 0.15) is 13.3 Å². The number of carbonyl (C=O) groups excluding carboxylic acids is 1. The van der Waals surface area contributed by atoms with Crippen LogP contribution in [0.3, 0.4) is 0 Å². The van der Waals surface area contributed by atoms with Crippen LogP contribution in [0.15, 0.2) is 79.0 Å². The zero-order chi connectivity index (χ0) is 23.9. The lowest BCUT2D eigenvalue weighted by Gasteiger charge is -2.31. The highest BCUT2D eigenvalue weighted by atomic mass is 16.2. The van der Waals surface area contributed by atoms with Gasteiger partial charge in [0.25, 0.3) is 0 Å². The summed E-state index contributed by atoms with van der Waals surface area (Å²) < 4.78 is 2.14. The maximum Gasteiger partial charge on any atom is 0.219 e. The lowest BCUT2D eigenvalue weighted by Crippen LogP contribution is -2.37. The predicted octanol–water partition coefficient (Wildman–Crippen LogP) is 4.53. The number of aromatic nitrogens is 3. The van der Waals surface area contributed by atoms with E-state index in [9.17, 15) is 4.79 Å². The number of fused-ring (bicyclic) bond motifs is 2. The first kappa shape index (κ1) is 21.4. The first-order chi connectivity index (χ1) is 17.0. The summed E-state index contributed by atoms with van der Waals surface area (Å²) in [6.07, 6.45) is 12.9. The molecule has 2 aromatic heterocycles. The Kier molecular flexibility index (Phi) is 5.25. The average Bonchev–Trinajstić information content (AvgIpc) is 3.51. The van der Waals surface area contributed by atoms with Crippen LogP contribution < -0.4 is 5.32 Å². The van der Waals surface area contributed by atoms with Crippen LogP contribution in [0.4, 0.5) is 5.69 Å². The van der Waals surface area contributed by atoms with E-state index in [-0.39, 0.29) is 5.91 Å². The van der Waals surface area contributed by atoms with Crippen molar-refractivity contribution in [2.45, 2.75) is 19.4 Å². The number of anilines is 1. The molecule has 35 heavy (non-hydrogen) atoms. The highest BCUT2D eigenvalue weighted by Gasteiger charge is 2.28. The highest BCUT2D eigenvalue weighted by Crippen LogP contribution is 2.33. The molecule has 0 bridgehead atoms. The molecular weight excluding hydrogens is 436 g/mol. The zero-order valence-corrected chi connectivity index (χ0v) is 20.0. The van der Waals surface area contributed by atoms with E-state index < -0.39 is 0 Å². The molecular formula is C28H28N6O. The molecule has 4 heterocycles. The Morgan fingerprint density at radius 3 is 2.86 bits per heavy atom. The third kappa shape index (κ3) is 4.03. The van der Waals surface area contributed by atoms with Gasteiger partial charge in [0, 0.05) is 74.2 Å². The van der Waals surface area contributed by atoms with Gasteiger partial charge in [-0.2, -0.15) is 0 Å². The molecule has 1 unspecified atom stereocenters. The van der Waals surface area contributed by atoms with Crippen molar-refractivity contribution in [1.82, 2.24) is 24.3 Å². The second-order valence-corrected chi connectivity index (χ2v) is 9.39. The molecule has 1 amide bonds. The third-order valence-electron chi connectivity index (χ3n) is 7.08. The average molecular weight is 465 g/mol. The summed E-state index contributed by atoms with van der Waals surface area (Å²) in [5.74, 6) is 0.153. The van der Waals surface area contributed by atoms with Gasteiger partial charge in [0.1, 0.15) is 0 Å². The Balaban J connectivity index is 1.30. The molecule has 7 nitrogen and oxygen atoms in total. The third-order valence-corrected chi connectivity index (χ3v) is 7.08. The van der Waals surface area contributed by atoms with Gasteiger partial charge in [-0.15, -0.1) is 0 Å². The number of nitrogens with zero attached hydrogens (tertiary/aromatic N) is 5. The van der Waals surface area contributed by atoms with Crippen molar-refractivity contribution in [3.05, 3.63) is 79.0 Å². The van der Waals surface area contributed by atoms with Crippen LogP contribution in [0.5, 0.6) is 0 Å². The summed E-state index contributed by atoms with van der Waals surface area (Å²) in [5, 5.41) is 4.85. The van der Waals surface area contributed by atoms with Crippen molar-refractivity contribution in [2.75, 3.05) is 25.0 Å². The van der Waals surface area contributed by atoms with Gasteiger partial charge in [-0.25, -0.2) is 0 Å². The summed E-state index contributed by atoms with van der Waals surface area (Å²) in [5.41, 5.74) is 7.20. The Morgan fingerprint density at radius 1 is 1.11 bits per heavy atom. The van der Waals surface area contributed by atoms with Crippen molar-refractivity contribution < 1.29 is 4.79 Å². The molecule has 1 N–H and O–H groups in total. The van der Waals surface area contributed by atoms with Gasteiger partial charge in [0.2, 0.25) is 5.91 Å². The molecule has 2 aliphatic rings. The summed E-state index contributed by atoms with van der Waals surface area (Å²) in [6.45, 7) is 4.03. The van der Waals surface area contributed by atoms with Crippen molar-refractivity contribution >= 4 is 33.5 Å². The van der Waals surface area contributed by atoms with Crippen molar-refractivity contribution in [2.24, 2.45) is 7.05 Å². The number of rotatable bonds is 4. The van der Waals surface area contributed by atoms with E-state index in [0.717, 1.165) is 59.6 Å². The smallest absolute Gasteiger partial charge is 0.219 e. The van der Waals surface area contributed by atoms with E-state index in [4.69, 9.17) is 0 Å². The van der Waals surface area contributed by atoms with Crippen LogP contribution in [-0.4, -0.2) is 55.9 Å². The quantitative estimate of drug-likeness (QED) is 0.481. The Morgan fingerprint density at radius 2 is 2.00 bits per heavy atom. The monoisotopic (exact) mass is 464 g/mol. The Bertz CT molecular complexity index is 1500. The Hall–Kier alpha value is -4.13. The van der Waals surface area contributed by atoms with Gasteiger partial charge in [-0.3, -0.25) is 14.8 Å². The first-order valence-electron chi connectivity index (χ1n) is 12.0. The molecule has 0 saturated carbocycles. The van der Waals surface area contributed by atoms with Gasteiger partial charge in [-0.1, -0.05) is 12.1 Å². The van der Waals surface area contributed by atoms with Gasteiger partial charge in [0.15, 0.2) is 0 Å². The van der Waals surface area contributed by atoms with E-state index >= 15 is 0 Å². The molecule has 2 aromatic carbocycles. The van der Waals surface area contributed by atoms with E-state index in [1.165, 1.54) is 10.9 Å². The number of likely N-dealkylation sites (tertiary alicyclic amines) is 1. The summed E-state index contributed by atoms with van der Waals surface area (Å²) in [7, 11) is 2.07. The number of allylic oxidation sites excluding steroid dienone is 2. The van der Waals surface area contributed by atoms with Crippen LogP contribution in [-0.2, 0) is 11.8 Å².